The van der Waals surface area contributed by atoms with Gasteiger partial charge in [-0.2, -0.15) is 0 Å². The maximum atomic E-state index is 11.5. The van der Waals surface area contributed by atoms with Crippen LogP contribution in [0.4, 0.5) is 0 Å². The number of unbranched alkanes of at least 4 members (excludes halogenated alkanes) is 2. The van der Waals surface area contributed by atoms with Crippen molar-refractivity contribution in [2.24, 2.45) is 0 Å². The Balaban J connectivity index is 2.10. The Morgan fingerprint density at radius 3 is 2.61 bits per heavy atom. The molecule has 0 heterocycles. The van der Waals surface area contributed by atoms with Crippen LogP contribution in [0.15, 0.2) is 24.3 Å². The molecule has 4 heteroatoms. The minimum Gasteiger partial charge on any atom is -0.355 e. The summed E-state index contributed by atoms with van der Waals surface area (Å²) >= 11 is 5.79. The average molecular weight is 269 g/mol. The van der Waals surface area contributed by atoms with Crippen LogP contribution in [0.3, 0.4) is 0 Å². The van der Waals surface area contributed by atoms with Gasteiger partial charge in [-0.1, -0.05) is 43.5 Å². The zero-order valence-electron chi connectivity index (χ0n) is 10.8. The van der Waals surface area contributed by atoms with Crippen LogP contribution in [0.2, 0.25) is 5.02 Å². The van der Waals surface area contributed by atoms with Gasteiger partial charge in [-0.25, -0.2) is 0 Å². The number of hydrogen-bond donors (Lipinski definition) is 2. The van der Waals surface area contributed by atoms with Crippen molar-refractivity contribution in [2.75, 3.05) is 13.1 Å². The van der Waals surface area contributed by atoms with E-state index in [0.717, 1.165) is 23.6 Å². The highest BCUT2D eigenvalue weighted by molar-refractivity contribution is 6.30. The van der Waals surface area contributed by atoms with E-state index in [1.54, 1.807) is 0 Å². The molecule has 0 unspecified atom stereocenters. The van der Waals surface area contributed by atoms with Gasteiger partial charge in [0.15, 0.2) is 0 Å². The molecule has 0 fully saturated rings. The predicted molar refractivity (Wildman–Crippen MR) is 75.7 cm³/mol. The van der Waals surface area contributed by atoms with E-state index < -0.39 is 0 Å². The van der Waals surface area contributed by atoms with E-state index in [1.165, 1.54) is 12.8 Å². The summed E-state index contributed by atoms with van der Waals surface area (Å²) < 4.78 is 0. The molecule has 100 valence electrons. The highest BCUT2D eigenvalue weighted by atomic mass is 35.5. The molecule has 0 aliphatic rings. The first kappa shape index (κ1) is 15.0. The Kier molecular flexibility index (Phi) is 7.46. The minimum absolute atomic E-state index is 0.0556. The van der Waals surface area contributed by atoms with Crippen molar-refractivity contribution in [2.45, 2.75) is 32.7 Å². The highest BCUT2D eigenvalue weighted by Gasteiger charge is 1.99. The van der Waals surface area contributed by atoms with Gasteiger partial charge in [0.2, 0.25) is 5.91 Å². The summed E-state index contributed by atoms with van der Waals surface area (Å²) in [5.41, 5.74) is 1.12. The Morgan fingerprint density at radius 2 is 1.94 bits per heavy atom. The largest absolute Gasteiger partial charge is 0.355 e. The molecule has 1 rings (SSSR count). The molecule has 1 aromatic carbocycles. The number of nitrogens with one attached hydrogen (secondary N) is 2. The molecular formula is C14H21ClN2O. The van der Waals surface area contributed by atoms with Gasteiger partial charge in [-0.15, -0.1) is 0 Å². The van der Waals surface area contributed by atoms with Crippen LogP contribution in [0.1, 0.15) is 31.7 Å². The lowest BCUT2D eigenvalue weighted by atomic mass is 10.2. The molecule has 0 saturated heterocycles. The SMILES string of the molecule is CCCCCNC(=O)CNCc1ccc(Cl)cc1. The van der Waals surface area contributed by atoms with Gasteiger partial charge in [0.05, 0.1) is 6.54 Å². The van der Waals surface area contributed by atoms with Crippen LogP contribution in [-0.2, 0) is 11.3 Å². The summed E-state index contributed by atoms with van der Waals surface area (Å²) in [6.45, 7) is 3.96. The summed E-state index contributed by atoms with van der Waals surface area (Å²) in [5, 5.41) is 6.73. The van der Waals surface area contributed by atoms with E-state index in [-0.39, 0.29) is 5.91 Å². The standard InChI is InChI=1S/C14H21ClN2O/c1-2-3-4-9-17-14(18)11-16-10-12-5-7-13(15)8-6-12/h5-8,16H,2-4,9-11H2,1H3,(H,17,18). The van der Waals surface area contributed by atoms with E-state index in [2.05, 4.69) is 17.6 Å². The van der Waals surface area contributed by atoms with Crippen molar-refractivity contribution in [1.29, 1.82) is 0 Å². The third kappa shape index (κ3) is 6.62. The second kappa shape index (κ2) is 8.95. The molecule has 1 aromatic rings. The highest BCUT2D eigenvalue weighted by Crippen LogP contribution is 2.08. The number of carbonyl (C=O) groups excluding carboxylic acids is 1. The number of carbonyl (C=O) groups is 1. The van der Waals surface area contributed by atoms with Gasteiger partial charge < -0.3 is 10.6 Å². The Morgan fingerprint density at radius 1 is 1.22 bits per heavy atom. The summed E-state index contributed by atoms with van der Waals surface area (Å²) in [6.07, 6.45) is 3.39. The van der Waals surface area contributed by atoms with Gasteiger partial charge >= 0.3 is 0 Å². The van der Waals surface area contributed by atoms with E-state index in [0.29, 0.717) is 13.1 Å². The zero-order chi connectivity index (χ0) is 13.2. The second-order valence-corrected chi connectivity index (χ2v) is 4.72. The van der Waals surface area contributed by atoms with E-state index >= 15 is 0 Å². The predicted octanol–water partition coefficient (Wildman–Crippen LogP) is 2.74. The summed E-state index contributed by atoms with van der Waals surface area (Å²) in [4.78, 5) is 11.5. The van der Waals surface area contributed by atoms with Crippen LogP contribution in [0.25, 0.3) is 0 Å². The van der Waals surface area contributed by atoms with Gasteiger partial charge in [0, 0.05) is 18.1 Å². The normalized spacial score (nSPS) is 10.3. The van der Waals surface area contributed by atoms with E-state index in [4.69, 9.17) is 11.6 Å². The molecule has 0 saturated carbocycles. The van der Waals surface area contributed by atoms with Gasteiger partial charge in [-0.05, 0) is 24.1 Å². The minimum atomic E-state index is 0.0556. The Labute approximate surface area is 114 Å². The van der Waals surface area contributed by atoms with Crippen molar-refractivity contribution >= 4 is 17.5 Å². The molecule has 0 spiro atoms. The summed E-state index contributed by atoms with van der Waals surface area (Å²) in [6, 6.07) is 7.61. The van der Waals surface area contributed by atoms with Crippen LogP contribution in [0.5, 0.6) is 0 Å². The Hall–Kier alpha value is -1.06. The molecule has 0 bridgehead atoms. The molecule has 0 atom stereocenters. The number of rotatable bonds is 8. The first-order valence-electron chi connectivity index (χ1n) is 6.44. The van der Waals surface area contributed by atoms with Gasteiger partial charge in [-0.3, -0.25) is 4.79 Å². The third-order valence-electron chi connectivity index (χ3n) is 2.63. The molecule has 18 heavy (non-hydrogen) atoms. The summed E-state index contributed by atoms with van der Waals surface area (Å²) in [7, 11) is 0. The fourth-order valence-electron chi connectivity index (χ4n) is 1.59. The van der Waals surface area contributed by atoms with Crippen LogP contribution >= 0.6 is 11.6 Å². The van der Waals surface area contributed by atoms with Crippen molar-refractivity contribution < 1.29 is 4.79 Å². The molecular weight excluding hydrogens is 248 g/mol. The molecule has 0 aromatic heterocycles. The average Bonchev–Trinajstić information content (AvgIpc) is 2.37. The fourth-order valence-corrected chi connectivity index (χ4v) is 1.71. The lowest BCUT2D eigenvalue weighted by Gasteiger charge is -2.06. The third-order valence-corrected chi connectivity index (χ3v) is 2.88. The molecule has 3 nitrogen and oxygen atoms in total. The van der Waals surface area contributed by atoms with E-state index in [1.807, 2.05) is 24.3 Å². The monoisotopic (exact) mass is 268 g/mol. The van der Waals surface area contributed by atoms with Gasteiger partial charge in [0.1, 0.15) is 0 Å². The number of benzene rings is 1. The number of amides is 1. The quantitative estimate of drug-likeness (QED) is 0.712. The van der Waals surface area contributed by atoms with Gasteiger partial charge in [0.25, 0.3) is 0 Å². The Bertz CT molecular complexity index is 351. The van der Waals surface area contributed by atoms with Crippen molar-refractivity contribution in [3.8, 4) is 0 Å². The van der Waals surface area contributed by atoms with E-state index in [9.17, 15) is 4.79 Å². The molecule has 1 amide bonds. The fraction of sp³-hybridized carbons (Fsp3) is 0.500. The van der Waals surface area contributed by atoms with Crippen LogP contribution in [0, 0.1) is 0 Å². The molecule has 2 N–H and O–H groups in total. The first-order valence-corrected chi connectivity index (χ1v) is 6.82. The number of hydrogen-bond acceptors (Lipinski definition) is 2. The van der Waals surface area contributed by atoms with Crippen LogP contribution in [-0.4, -0.2) is 19.0 Å². The lowest BCUT2D eigenvalue weighted by molar-refractivity contribution is -0.120. The zero-order valence-corrected chi connectivity index (χ0v) is 11.6. The number of halogens is 1. The van der Waals surface area contributed by atoms with Crippen molar-refractivity contribution in [1.82, 2.24) is 10.6 Å². The van der Waals surface area contributed by atoms with Crippen molar-refractivity contribution in [3.05, 3.63) is 34.9 Å². The first-order chi connectivity index (χ1) is 8.72. The van der Waals surface area contributed by atoms with Crippen LogP contribution < -0.4 is 10.6 Å². The smallest absolute Gasteiger partial charge is 0.233 e. The lowest BCUT2D eigenvalue weighted by Crippen LogP contribution is -2.34. The topological polar surface area (TPSA) is 41.1 Å². The molecule has 0 aliphatic heterocycles. The molecule has 0 aliphatic carbocycles. The second-order valence-electron chi connectivity index (χ2n) is 4.29. The maximum absolute atomic E-state index is 11.5. The molecule has 0 radical (unpaired) electrons. The summed E-state index contributed by atoms with van der Waals surface area (Å²) in [5.74, 6) is 0.0556. The van der Waals surface area contributed by atoms with Crippen molar-refractivity contribution in [3.63, 3.8) is 0 Å². The maximum Gasteiger partial charge on any atom is 0.233 e.